The van der Waals surface area contributed by atoms with Gasteiger partial charge in [-0.2, -0.15) is 0 Å². The average molecular weight is 218 g/mol. The summed E-state index contributed by atoms with van der Waals surface area (Å²) in [5.74, 6) is 1.95. The summed E-state index contributed by atoms with van der Waals surface area (Å²) in [6.45, 7) is 6.66. The van der Waals surface area contributed by atoms with Gasteiger partial charge in [-0.05, 0) is 30.6 Å². The van der Waals surface area contributed by atoms with Crippen LogP contribution < -0.4 is 0 Å². The maximum Gasteiger partial charge on any atom is 0.631 e. The van der Waals surface area contributed by atoms with Crippen LogP contribution >= 0.6 is 0 Å². The summed E-state index contributed by atoms with van der Waals surface area (Å²) in [4.78, 5) is 0. The first-order chi connectivity index (χ1) is 6.84. The van der Waals surface area contributed by atoms with Crippen LogP contribution in [0.5, 0.6) is 0 Å². The molecule has 0 spiro atoms. The molecule has 5 heteroatoms. The molecule has 0 aromatic carbocycles. The van der Waals surface area contributed by atoms with Gasteiger partial charge in [-0.1, -0.05) is 27.2 Å². The molecule has 15 heavy (non-hydrogen) atoms. The summed E-state index contributed by atoms with van der Waals surface area (Å²) in [5.41, 5.74) is 0. The van der Waals surface area contributed by atoms with E-state index < -0.39 is 7.32 Å². The average Bonchev–Trinajstić information content (AvgIpc) is 2.01. The van der Waals surface area contributed by atoms with Gasteiger partial charge in [-0.3, -0.25) is 0 Å². The van der Waals surface area contributed by atoms with Crippen LogP contribution in [0.15, 0.2) is 0 Å². The largest absolute Gasteiger partial charge is 0.631 e. The molecular weight excluding hydrogens is 195 g/mol. The van der Waals surface area contributed by atoms with Gasteiger partial charge in [0.2, 0.25) is 0 Å². The lowest BCUT2D eigenvalue weighted by molar-refractivity contribution is 0.0266. The lowest BCUT2D eigenvalue weighted by Gasteiger charge is -2.33. The lowest BCUT2D eigenvalue weighted by atomic mass is 9.75. The van der Waals surface area contributed by atoms with Crippen molar-refractivity contribution in [3.05, 3.63) is 0 Å². The van der Waals surface area contributed by atoms with Crippen LogP contribution in [-0.2, 0) is 0 Å². The molecular formula is C10H23BO4. The van der Waals surface area contributed by atoms with Crippen LogP contribution in [0.25, 0.3) is 0 Å². The van der Waals surface area contributed by atoms with Crippen molar-refractivity contribution >= 4 is 7.32 Å². The summed E-state index contributed by atoms with van der Waals surface area (Å²) in [5, 5.41) is 31.2. The number of aliphatic hydroxyl groups excluding tert-OH is 1. The molecule has 1 fully saturated rings. The van der Waals surface area contributed by atoms with E-state index in [1.807, 2.05) is 0 Å². The molecule has 4 N–H and O–H groups in total. The van der Waals surface area contributed by atoms with Crippen LogP contribution in [-0.4, -0.2) is 33.6 Å². The maximum atomic E-state index is 9.71. The third-order valence-corrected chi connectivity index (χ3v) is 2.99. The van der Waals surface area contributed by atoms with Crippen LogP contribution in [0.2, 0.25) is 0 Å². The Labute approximate surface area is 92.1 Å². The Balaban J connectivity index is 0.000000423. The SMILES string of the molecule is CC1CCC(C(C)C)C(O)C1.OB(O)O. The van der Waals surface area contributed by atoms with Gasteiger partial charge in [0.25, 0.3) is 0 Å². The first-order valence-electron chi connectivity index (χ1n) is 5.56. The summed E-state index contributed by atoms with van der Waals surface area (Å²) in [6.07, 6.45) is 3.52. The van der Waals surface area contributed by atoms with E-state index in [2.05, 4.69) is 20.8 Å². The van der Waals surface area contributed by atoms with Crippen molar-refractivity contribution in [1.29, 1.82) is 0 Å². The molecule has 90 valence electrons. The Morgan fingerprint density at radius 3 is 1.93 bits per heavy atom. The quantitative estimate of drug-likeness (QED) is 0.480. The fraction of sp³-hybridized carbons (Fsp3) is 1.00. The standard InChI is InChI=1S/C10H20O.BH3O3/c1-7(2)9-5-4-8(3)6-10(9)11;2-1(3)4/h7-11H,4-6H2,1-3H3;2-4H. The summed E-state index contributed by atoms with van der Waals surface area (Å²) in [7, 11) is -2.17. The van der Waals surface area contributed by atoms with Crippen molar-refractivity contribution in [3.63, 3.8) is 0 Å². The van der Waals surface area contributed by atoms with Crippen molar-refractivity contribution < 1.29 is 20.2 Å². The Morgan fingerprint density at radius 2 is 1.60 bits per heavy atom. The molecule has 0 radical (unpaired) electrons. The number of hydrogen-bond donors (Lipinski definition) is 4. The summed E-state index contributed by atoms with van der Waals surface area (Å²) < 4.78 is 0. The Bertz CT molecular complexity index is 161. The first-order valence-corrected chi connectivity index (χ1v) is 5.56. The van der Waals surface area contributed by atoms with E-state index in [0.717, 1.165) is 12.3 Å². The zero-order chi connectivity index (χ0) is 12.0. The molecule has 3 unspecified atom stereocenters. The lowest BCUT2D eigenvalue weighted by Crippen LogP contribution is -2.31. The van der Waals surface area contributed by atoms with Gasteiger partial charge in [0.1, 0.15) is 0 Å². The Hall–Kier alpha value is -0.0951. The molecule has 0 aromatic rings. The van der Waals surface area contributed by atoms with E-state index in [4.69, 9.17) is 15.1 Å². The molecule has 0 amide bonds. The smallest absolute Gasteiger partial charge is 0.402 e. The van der Waals surface area contributed by atoms with Crippen molar-refractivity contribution in [2.45, 2.75) is 46.1 Å². The first kappa shape index (κ1) is 14.9. The highest BCUT2D eigenvalue weighted by Crippen LogP contribution is 2.33. The maximum absolute atomic E-state index is 9.71. The molecule has 1 aliphatic carbocycles. The third-order valence-electron chi connectivity index (χ3n) is 2.99. The van der Waals surface area contributed by atoms with Crippen LogP contribution in [0, 0.1) is 17.8 Å². The highest BCUT2D eigenvalue weighted by molar-refractivity contribution is 6.30. The minimum Gasteiger partial charge on any atom is -0.402 e. The molecule has 4 nitrogen and oxygen atoms in total. The zero-order valence-corrected chi connectivity index (χ0v) is 9.80. The van der Waals surface area contributed by atoms with Gasteiger partial charge in [-0.25, -0.2) is 0 Å². The number of aliphatic hydroxyl groups is 1. The fourth-order valence-electron chi connectivity index (χ4n) is 2.15. The molecule has 0 bridgehead atoms. The molecule has 1 rings (SSSR count). The highest BCUT2D eigenvalue weighted by atomic mass is 16.5. The van der Waals surface area contributed by atoms with Crippen LogP contribution in [0.4, 0.5) is 0 Å². The van der Waals surface area contributed by atoms with Crippen molar-refractivity contribution in [1.82, 2.24) is 0 Å². The second kappa shape index (κ2) is 7.22. The highest BCUT2D eigenvalue weighted by Gasteiger charge is 2.28. The van der Waals surface area contributed by atoms with Gasteiger partial charge >= 0.3 is 7.32 Å². The molecule has 1 saturated carbocycles. The Morgan fingerprint density at radius 1 is 1.13 bits per heavy atom. The van der Waals surface area contributed by atoms with Crippen molar-refractivity contribution in [2.75, 3.05) is 0 Å². The molecule has 0 aromatic heterocycles. The van der Waals surface area contributed by atoms with Gasteiger partial charge in [0.15, 0.2) is 0 Å². The van der Waals surface area contributed by atoms with Gasteiger partial charge in [0, 0.05) is 0 Å². The van der Waals surface area contributed by atoms with E-state index in [1.165, 1.54) is 12.8 Å². The van der Waals surface area contributed by atoms with Gasteiger partial charge in [-0.15, -0.1) is 0 Å². The molecule has 0 saturated heterocycles. The molecule has 0 aliphatic heterocycles. The van der Waals surface area contributed by atoms with Crippen molar-refractivity contribution in [2.24, 2.45) is 17.8 Å². The topological polar surface area (TPSA) is 80.9 Å². The second-order valence-corrected chi connectivity index (χ2v) is 4.74. The molecule has 1 aliphatic rings. The third kappa shape index (κ3) is 6.90. The van der Waals surface area contributed by atoms with Gasteiger partial charge in [0.05, 0.1) is 6.10 Å². The van der Waals surface area contributed by atoms with E-state index in [9.17, 15) is 5.11 Å². The molecule has 3 atom stereocenters. The van der Waals surface area contributed by atoms with Crippen LogP contribution in [0.1, 0.15) is 40.0 Å². The van der Waals surface area contributed by atoms with E-state index in [-0.39, 0.29) is 6.10 Å². The van der Waals surface area contributed by atoms with E-state index in [1.54, 1.807) is 0 Å². The predicted octanol–water partition coefficient (Wildman–Crippen LogP) is 0.388. The zero-order valence-electron chi connectivity index (χ0n) is 9.80. The normalized spacial score (nSPS) is 30.8. The number of rotatable bonds is 1. The summed E-state index contributed by atoms with van der Waals surface area (Å²) in [6, 6.07) is 0. The van der Waals surface area contributed by atoms with E-state index in [0.29, 0.717) is 11.8 Å². The molecule has 0 heterocycles. The Kier molecular flexibility index (Phi) is 7.18. The number of hydrogen-bond acceptors (Lipinski definition) is 4. The minimum absolute atomic E-state index is 0.0289. The van der Waals surface area contributed by atoms with Crippen LogP contribution in [0.3, 0.4) is 0 Å². The van der Waals surface area contributed by atoms with Crippen molar-refractivity contribution in [3.8, 4) is 0 Å². The summed E-state index contributed by atoms with van der Waals surface area (Å²) >= 11 is 0. The fourth-order valence-corrected chi connectivity index (χ4v) is 2.15. The monoisotopic (exact) mass is 218 g/mol. The van der Waals surface area contributed by atoms with E-state index >= 15 is 0 Å². The second-order valence-electron chi connectivity index (χ2n) is 4.74. The predicted molar refractivity (Wildman–Crippen MR) is 59.8 cm³/mol. The minimum atomic E-state index is -2.17. The van der Waals surface area contributed by atoms with Gasteiger partial charge < -0.3 is 20.2 Å².